The Hall–Kier alpha value is -2.77. The summed E-state index contributed by atoms with van der Waals surface area (Å²) in [7, 11) is 1.87. The summed E-state index contributed by atoms with van der Waals surface area (Å²) >= 11 is 0. The van der Waals surface area contributed by atoms with Crippen molar-refractivity contribution in [1.82, 2.24) is 29.5 Å². The third-order valence-electron chi connectivity index (χ3n) is 4.87. The van der Waals surface area contributed by atoms with Crippen LogP contribution in [0.3, 0.4) is 0 Å². The summed E-state index contributed by atoms with van der Waals surface area (Å²) in [6.45, 7) is 1.91. The molecule has 3 aromatic rings. The molecule has 0 radical (unpaired) electrons. The van der Waals surface area contributed by atoms with Crippen LogP contribution in [-0.2, 0) is 7.05 Å². The maximum absolute atomic E-state index is 12.1. The summed E-state index contributed by atoms with van der Waals surface area (Å²) in [5.41, 5.74) is 1.68. The average molecular weight is 339 g/mol. The second-order valence-electron chi connectivity index (χ2n) is 6.64. The van der Waals surface area contributed by atoms with Crippen molar-refractivity contribution in [2.24, 2.45) is 7.05 Å². The lowest BCUT2D eigenvalue weighted by molar-refractivity contribution is 0.302. The zero-order valence-corrected chi connectivity index (χ0v) is 14.4. The van der Waals surface area contributed by atoms with Crippen LogP contribution in [-0.4, -0.2) is 35.6 Å². The van der Waals surface area contributed by atoms with Gasteiger partial charge in [-0.3, -0.25) is 9.48 Å². The van der Waals surface area contributed by atoms with Crippen LogP contribution in [0, 0.1) is 6.92 Å². The van der Waals surface area contributed by atoms with Crippen LogP contribution in [0.5, 0.6) is 0 Å². The summed E-state index contributed by atoms with van der Waals surface area (Å²) in [6.07, 6.45) is 7.15. The Kier molecular flexibility index (Phi) is 3.95. The molecule has 1 aliphatic carbocycles. The van der Waals surface area contributed by atoms with Crippen LogP contribution in [0.25, 0.3) is 11.0 Å². The highest BCUT2D eigenvalue weighted by molar-refractivity contribution is 5.86. The van der Waals surface area contributed by atoms with Gasteiger partial charge in [-0.1, -0.05) is 0 Å². The van der Waals surface area contributed by atoms with Crippen LogP contribution in [0.15, 0.2) is 29.5 Å². The molecule has 0 spiro atoms. The SMILES string of the molecule is Cc1ccc(=O)n(C2CCC(Nc3ncnc4c3cnn4C)CC2)n1. The first-order valence-electron chi connectivity index (χ1n) is 8.57. The molecule has 8 nitrogen and oxygen atoms in total. The summed E-state index contributed by atoms with van der Waals surface area (Å²) < 4.78 is 3.39. The van der Waals surface area contributed by atoms with Crippen molar-refractivity contribution < 1.29 is 0 Å². The second-order valence-corrected chi connectivity index (χ2v) is 6.64. The second kappa shape index (κ2) is 6.27. The summed E-state index contributed by atoms with van der Waals surface area (Å²) in [6, 6.07) is 3.87. The van der Waals surface area contributed by atoms with Gasteiger partial charge < -0.3 is 5.32 Å². The first-order chi connectivity index (χ1) is 12.1. The van der Waals surface area contributed by atoms with E-state index in [1.807, 2.05) is 14.0 Å². The molecule has 3 aromatic heterocycles. The van der Waals surface area contributed by atoms with E-state index < -0.39 is 0 Å². The predicted molar refractivity (Wildman–Crippen MR) is 94.5 cm³/mol. The third kappa shape index (κ3) is 2.99. The van der Waals surface area contributed by atoms with E-state index in [2.05, 4.69) is 25.5 Å². The number of hydrogen-bond acceptors (Lipinski definition) is 6. The molecule has 130 valence electrons. The molecule has 0 aromatic carbocycles. The van der Waals surface area contributed by atoms with Crippen LogP contribution < -0.4 is 10.9 Å². The van der Waals surface area contributed by atoms with Crippen molar-refractivity contribution in [3.63, 3.8) is 0 Å². The Bertz CT molecular complexity index is 953. The number of aryl methyl sites for hydroxylation is 2. The first kappa shape index (κ1) is 15.7. The van der Waals surface area contributed by atoms with E-state index in [1.54, 1.807) is 34.0 Å². The monoisotopic (exact) mass is 339 g/mol. The van der Waals surface area contributed by atoms with Gasteiger partial charge in [0.2, 0.25) is 0 Å². The lowest BCUT2D eigenvalue weighted by Crippen LogP contribution is -2.33. The van der Waals surface area contributed by atoms with Gasteiger partial charge in [0.1, 0.15) is 12.1 Å². The van der Waals surface area contributed by atoms with E-state index in [1.165, 1.54) is 0 Å². The molecule has 0 amide bonds. The minimum Gasteiger partial charge on any atom is -0.367 e. The van der Waals surface area contributed by atoms with Gasteiger partial charge in [0.05, 0.1) is 23.3 Å². The molecule has 0 bridgehead atoms. The molecule has 25 heavy (non-hydrogen) atoms. The van der Waals surface area contributed by atoms with Crippen LogP contribution in [0.2, 0.25) is 0 Å². The zero-order chi connectivity index (χ0) is 17.4. The highest BCUT2D eigenvalue weighted by Crippen LogP contribution is 2.29. The highest BCUT2D eigenvalue weighted by atomic mass is 16.1. The molecule has 8 heteroatoms. The fourth-order valence-electron chi connectivity index (χ4n) is 3.52. The topological polar surface area (TPSA) is 90.5 Å². The van der Waals surface area contributed by atoms with Crippen molar-refractivity contribution in [3.8, 4) is 0 Å². The number of nitrogens with zero attached hydrogens (tertiary/aromatic N) is 6. The molecule has 1 aliphatic rings. The Morgan fingerprint density at radius 3 is 2.76 bits per heavy atom. The lowest BCUT2D eigenvalue weighted by Gasteiger charge is -2.30. The Morgan fingerprint density at radius 2 is 1.96 bits per heavy atom. The Morgan fingerprint density at radius 1 is 1.16 bits per heavy atom. The normalized spacial score (nSPS) is 20.7. The summed E-state index contributed by atoms with van der Waals surface area (Å²) in [5.74, 6) is 0.826. The van der Waals surface area contributed by atoms with Crippen molar-refractivity contribution in [1.29, 1.82) is 0 Å². The van der Waals surface area contributed by atoms with Gasteiger partial charge in [-0.2, -0.15) is 10.2 Å². The molecule has 1 N–H and O–H groups in total. The molecule has 3 heterocycles. The standard InChI is InChI=1S/C17H21N7O/c1-11-3-8-15(25)24(22-11)13-6-4-12(5-7-13)21-16-14-9-20-23(2)17(14)19-10-18-16/h3,8-10,12-13H,4-7H2,1-2H3,(H,18,19,21). The molecular formula is C17H21N7O. The van der Waals surface area contributed by atoms with Gasteiger partial charge in [0.25, 0.3) is 5.56 Å². The maximum Gasteiger partial charge on any atom is 0.267 e. The van der Waals surface area contributed by atoms with Gasteiger partial charge in [-0.25, -0.2) is 14.6 Å². The fourth-order valence-corrected chi connectivity index (χ4v) is 3.52. The minimum atomic E-state index is -0.0186. The molecule has 0 unspecified atom stereocenters. The van der Waals surface area contributed by atoms with Crippen LogP contribution in [0.4, 0.5) is 5.82 Å². The highest BCUT2D eigenvalue weighted by Gasteiger charge is 2.24. The van der Waals surface area contributed by atoms with Crippen LogP contribution >= 0.6 is 0 Å². The lowest BCUT2D eigenvalue weighted by atomic mass is 9.91. The summed E-state index contributed by atoms with van der Waals surface area (Å²) in [5, 5.41) is 13.1. The molecule has 1 saturated carbocycles. The molecule has 1 fully saturated rings. The van der Waals surface area contributed by atoms with Crippen molar-refractivity contribution in [2.75, 3.05) is 5.32 Å². The largest absolute Gasteiger partial charge is 0.367 e. The summed E-state index contributed by atoms with van der Waals surface area (Å²) in [4.78, 5) is 20.7. The number of nitrogens with one attached hydrogen (secondary N) is 1. The zero-order valence-electron chi connectivity index (χ0n) is 14.4. The molecule has 0 saturated heterocycles. The maximum atomic E-state index is 12.1. The number of fused-ring (bicyclic) bond motifs is 1. The van der Waals surface area contributed by atoms with E-state index in [0.717, 1.165) is 48.2 Å². The minimum absolute atomic E-state index is 0.0186. The number of aromatic nitrogens is 6. The quantitative estimate of drug-likeness (QED) is 0.783. The molecular weight excluding hydrogens is 318 g/mol. The molecule has 0 atom stereocenters. The number of anilines is 1. The van der Waals surface area contributed by atoms with Gasteiger partial charge >= 0.3 is 0 Å². The van der Waals surface area contributed by atoms with E-state index in [-0.39, 0.29) is 11.6 Å². The van der Waals surface area contributed by atoms with E-state index in [9.17, 15) is 4.79 Å². The number of hydrogen-bond donors (Lipinski definition) is 1. The van der Waals surface area contributed by atoms with Gasteiger partial charge in [-0.05, 0) is 38.7 Å². The van der Waals surface area contributed by atoms with Gasteiger partial charge in [0, 0.05) is 19.2 Å². The fraction of sp³-hybridized carbons (Fsp3) is 0.471. The predicted octanol–water partition coefficient (Wildman–Crippen LogP) is 1.82. The molecule has 4 rings (SSSR count). The van der Waals surface area contributed by atoms with Gasteiger partial charge in [0.15, 0.2) is 5.65 Å². The third-order valence-corrected chi connectivity index (χ3v) is 4.87. The van der Waals surface area contributed by atoms with Gasteiger partial charge in [-0.15, -0.1) is 0 Å². The van der Waals surface area contributed by atoms with Crippen molar-refractivity contribution >= 4 is 16.9 Å². The van der Waals surface area contributed by atoms with E-state index in [0.29, 0.717) is 6.04 Å². The first-order valence-corrected chi connectivity index (χ1v) is 8.57. The Labute approximate surface area is 144 Å². The van der Waals surface area contributed by atoms with Crippen molar-refractivity contribution in [2.45, 2.75) is 44.7 Å². The van der Waals surface area contributed by atoms with E-state index >= 15 is 0 Å². The smallest absolute Gasteiger partial charge is 0.267 e. The average Bonchev–Trinajstić information content (AvgIpc) is 3.00. The van der Waals surface area contributed by atoms with Crippen LogP contribution in [0.1, 0.15) is 37.4 Å². The van der Waals surface area contributed by atoms with E-state index in [4.69, 9.17) is 0 Å². The van der Waals surface area contributed by atoms with Crippen molar-refractivity contribution in [3.05, 3.63) is 40.7 Å². The Balaban J connectivity index is 1.47. The number of rotatable bonds is 3. The molecule has 0 aliphatic heterocycles.